The van der Waals surface area contributed by atoms with Crippen LogP contribution in [-0.2, 0) is 0 Å². The first kappa shape index (κ1) is 15.0. The summed E-state index contributed by atoms with van der Waals surface area (Å²) in [6.07, 6.45) is 0. The van der Waals surface area contributed by atoms with Crippen LogP contribution < -0.4 is 9.37 Å². The van der Waals surface area contributed by atoms with E-state index in [2.05, 4.69) is 107 Å². The van der Waals surface area contributed by atoms with Crippen molar-refractivity contribution in [3.05, 3.63) is 107 Å². The first-order valence-electron chi connectivity index (χ1n) is 7.41. The van der Waals surface area contributed by atoms with Gasteiger partial charge in [0.25, 0.3) is 0 Å². The van der Waals surface area contributed by atoms with E-state index in [0.29, 0.717) is 0 Å². The molecule has 0 spiro atoms. The molecule has 0 unspecified atom stereocenters. The summed E-state index contributed by atoms with van der Waals surface area (Å²) in [6, 6.07) is 32.6. The van der Waals surface area contributed by atoms with E-state index in [9.17, 15) is 0 Å². The molecule has 0 bridgehead atoms. The van der Waals surface area contributed by atoms with Gasteiger partial charge in [-0.25, -0.2) is 0 Å². The molecule has 3 aromatic carbocycles. The second-order valence-corrected chi connectivity index (χ2v) is 19.4. The van der Waals surface area contributed by atoms with Crippen molar-refractivity contribution >= 4 is 30.5 Å². The van der Waals surface area contributed by atoms with Gasteiger partial charge in [-0.1, -0.05) is 0 Å². The van der Waals surface area contributed by atoms with Crippen molar-refractivity contribution in [2.24, 2.45) is 0 Å². The fraction of sp³-hybridized carbons (Fsp3) is 0. The van der Waals surface area contributed by atoms with Gasteiger partial charge in [-0.15, -0.1) is 0 Å². The first-order chi connectivity index (χ1) is 10.9. The van der Waals surface area contributed by atoms with Crippen LogP contribution in [0.1, 0.15) is 0 Å². The molecular weight excluding hydrogens is 459 g/mol. The summed E-state index contributed by atoms with van der Waals surface area (Å²) in [5, 5.41) is 0. The van der Waals surface area contributed by atoms with Crippen LogP contribution in [0.25, 0.3) is 0 Å². The van der Waals surface area contributed by atoms with Gasteiger partial charge in [-0.2, -0.15) is 0 Å². The number of rotatable bonds is 4. The average Bonchev–Trinajstić information content (AvgIpc) is 2.62. The van der Waals surface area contributed by atoms with Crippen molar-refractivity contribution in [1.29, 1.82) is 0 Å². The summed E-state index contributed by atoms with van der Waals surface area (Å²) in [7, 11) is 0. The molecule has 3 aromatic rings. The third kappa shape index (κ3) is 2.72. The van der Waals surface area contributed by atoms with Crippen LogP contribution >= 0.6 is 0 Å². The maximum atomic E-state index is 3.90. The number of hydrogen-bond donors (Lipinski definition) is 0. The Labute approximate surface area is 137 Å². The first-order valence-corrected chi connectivity index (χ1v) is 15.5. The molecule has 0 aromatic heterocycles. The van der Waals surface area contributed by atoms with E-state index in [1.54, 1.807) is 0 Å². The molecule has 0 aliphatic heterocycles. The van der Waals surface area contributed by atoms with E-state index in [0.717, 1.165) is 0 Å². The van der Waals surface area contributed by atoms with Crippen molar-refractivity contribution in [2.75, 3.05) is 0 Å². The molecule has 106 valence electrons. The van der Waals surface area contributed by atoms with E-state index < -0.39 is 21.2 Å². The van der Waals surface area contributed by atoms with Gasteiger partial charge < -0.3 is 0 Å². The Morgan fingerprint density at radius 2 is 0.909 bits per heavy atom. The fourth-order valence-electron chi connectivity index (χ4n) is 3.01. The molecule has 0 fully saturated rings. The van der Waals surface area contributed by atoms with Crippen molar-refractivity contribution in [3.8, 4) is 0 Å². The number of benzene rings is 3. The van der Waals surface area contributed by atoms with Crippen LogP contribution in [0.4, 0.5) is 0 Å². The quantitative estimate of drug-likeness (QED) is 0.400. The molecule has 1 heteroatoms. The van der Waals surface area contributed by atoms with Gasteiger partial charge in [0, 0.05) is 0 Å². The van der Waals surface area contributed by atoms with Crippen molar-refractivity contribution in [3.63, 3.8) is 0 Å². The minimum absolute atomic E-state index is 1.43. The zero-order valence-corrected chi connectivity index (χ0v) is 16.3. The monoisotopic (exact) mass is 478 g/mol. The van der Waals surface area contributed by atoms with Gasteiger partial charge in [0.05, 0.1) is 0 Å². The minimum atomic E-state index is -3.33. The molecule has 0 aliphatic carbocycles. The summed E-state index contributed by atoms with van der Waals surface area (Å²) in [5.74, 6) is 0. The Kier molecular flexibility index (Phi) is 4.71. The molecule has 0 atom stereocenters. The van der Waals surface area contributed by atoms with Crippen LogP contribution in [0.2, 0.25) is 0 Å². The molecule has 0 N–H and O–H groups in total. The molecule has 0 radical (unpaired) electrons. The molecule has 0 amide bonds. The summed E-state index contributed by atoms with van der Waals surface area (Å²) >= 11 is -3.33. The Hall–Kier alpha value is -1.90. The van der Waals surface area contributed by atoms with Crippen LogP contribution in [0.5, 0.6) is 0 Å². The second-order valence-electron chi connectivity index (χ2n) is 5.25. The van der Waals surface area contributed by atoms with Crippen LogP contribution in [0, 0.1) is 0 Å². The van der Waals surface area contributed by atoms with Gasteiger partial charge in [0.1, 0.15) is 0 Å². The van der Waals surface area contributed by atoms with E-state index in [-0.39, 0.29) is 0 Å². The summed E-state index contributed by atoms with van der Waals surface area (Å²) in [5.41, 5.74) is 3.13. The van der Waals surface area contributed by atoms with Crippen molar-refractivity contribution in [2.45, 2.75) is 0 Å². The third-order valence-electron chi connectivity index (χ3n) is 4.01. The molecule has 0 aliphatic rings. The normalized spacial score (nSPS) is 10.7. The van der Waals surface area contributed by atoms with Gasteiger partial charge in [-0.05, 0) is 0 Å². The van der Waals surface area contributed by atoms with E-state index >= 15 is 0 Å². The predicted molar refractivity (Wildman–Crippen MR) is 97.7 cm³/mol. The SMILES string of the molecule is C=C=[CH][Pb]([c]1ccccc1)([c]1ccccc1)[c]1ccccc1. The summed E-state index contributed by atoms with van der Waals surface area (Å²) in [4.78, 5) is 0. The summed E-state index contributed by atoms with van der Waals surface area (Å²) in [6.45, 7) is 3.90. The maximum absolute atomic E-state index is 3.90. The van der Waals surface area contributed by atoms with Crippen LogP contribution in [0.15, 0.2) is 107 Å². The number of hydrogen-bond acceptors (Lipinski definition) is 0. The predicted octanol–water partition coefficient (Wildman–Crippen LogP) is 3.04. The van der Waals surface area contributed by atoms with Gasteiger partial charge >= 0.3 is 137 Å². The standard InChI is InChI=1S/3C6H5.C3H3.Pb/c3*1-2-4-6-5-3-1;1-3-2;/h3*1-5H;1H,2H2;. The molecular formula is C21H18Pb. The zero-order valence-electron chi connectivity index (χ0n) is 12.4. The van der Waals surface area contributed by atoms with E-state index in [4.69, 9.17) is 0 Å². The van der Waals surface area contributed by atoms with Gasteiger partial charge in [0.15, 0.2) is 0 Å². The van der Waals surface area contributed by atoms with Crippen LogP contribution in [-0.4, -0.2) is 21.2 Å². The van der Waals surface area contributed by atoms with Gasteiger partial charge in [-0.3, -0.25) is 0 Å². The van der Waals surface area contributed by atoms with Crippen molar-refractivity contribution in [1.82, 2.24) is 0 Å². The topological polar surface area (TPSA) is 0 Å². The van der Waals surface area contributed by atoms with E-state index in [1.807, 2.05) is 0 Å². The average molecular weight is 478 g/mol. The molecule has 0 heterocycles. The molecule has 0 nitrogen and oxygen atoms in total. The molecule has 22 heavy (non-hydrogen) atoms. The van der Waals surface area contributed by atoms with Gasteiger partial charge in [0.2, 0.25) is 0 Å². The Morgan fingerprint density at radius 3 is 1.18 bits per heavy atom. The Balaban J connectivity index is 2.37. The molecule has 0 saturated carbocycles. The molecule has 0 saturated heterocycles. The second kappa shape index (κ2) is 6.91. The fourth-order valence-corrected chi connectivity index (χ4v) is 18.4. The Morgan fingerprint density at radius 1 is 0.591 bits per heavy atom. The Bertz CT molecular complexity index is 673. The molecule has 3 rings (SSSR count). The summed E-state index contributed by atoms with van der Waals surface area (Å²) < 4.78 is 6.59. The van der Waals surface area contributed by atoms with Crippen LogP contribution in [0.3, 0.4) is 0 Å². The third-order valence-corrected chi connectivity index (χ3v) is 21.0. The zero-order chi connectivity index (χ0) is 15.3. The van der Waals surface area contributed by atoms with E-state index in [1.165, 1.54) is 9.37 Å². The van der Waals surface area contributed by atoms with Crippen molar-refractivity contribution < 1.29 is 0 Å².